The summed E-state index contributed by atoms with van der Waals surface area (Å²) < 4.78 is 5.29. The SMILES string of the molecule is CC(C)(C)OC(=O)CCCCCCCCCN1CC[C@@H](O)C1. The Balaban J connectivity index is 1.83. The first-order chi connectivity index (χ1) is 10.4. The van der Waals surface area contributed by atoms with Crippen LogP contribution in [0.15, 0.2) is 0 Å². The fourth-order valence-electron chi connectivity index (χ4n) is 2.90. The van der Waals surface area contributed by atoms with Crippen molar-refractivity contribution in [2.45, 2.75) is 90.3 Å². The Kier molecular flexibility index (Phi) is 9.03. The second-order valence-corrected chi connectivity index (χ2v) is 7.55. The van der Waals surface area contributed by atoms with Crippen LogP contribution >= 0.6 is 0 Å². The van der Waals surface area contributed by atoms with Crippen molar-refractivity contribution in [3.05, 3.63) is 0 Å². The maximum atomic E-state index is 11.5. The van der Waals surface area contributed by atoms with E-state index in [4.69, 9.17) is 4.74 Å². The summed E-state index contributed by atoms with van der Waals surface area (Å²) in [4.78, 5) is 13.9. The van der Waals surface area contributed by atoms with Gasteiger partial charge in [0.05, 0.1) is 6.10 Å². The standard InChI is InChI=1S/C18H35NO3/c1-18(2,3)22-17(21)11-9-7-5-4-6-8-10-13-19-14-12-16(20)15-19/h16,20H,4-15H2,1-3H3/t16-/m1/s1. The third-order valence-electron chi connectivity index (χ3n) is 4.02. The van der Waals surface area contributed by atoms with Gasteiger partial charge in [0.1, 0.15) is 5.60 Å². The smallest absolute Gasteiger partial charge is 0.306 e. The summed E-state index contributed by atoms with van der Waals surface area (Å²) in [5.41, 5.74) is -0.359. The number of hydrogen-bond acceptors (Lipinski definition) is 4. The number of aliphatic hydroxyl groups excluding tert-OH is 1. The molecule has 0 saturated carbocycles. The molecule has 1 aliphatic rings. The highest BCUT2D eigenvalue weighted by atomic mass is 16.6. The van der Waals surface area contributed by atoms with Gasteiger partial charge >= 0.3 is 5.97 Å². The van der Waals surface area contributed by atoms with Gasteiger partial charge in [-0.05, 0) is 46.6 Å². The van der Waals surface area contributed by atoms with Crippen LogP contribution in [0.25, 0.3) is 0 Å². The minimum Gasteiger partial charge on any atom is -0.460 e. The zero-order valence-electron chi connectivity index (χ0n) is 14.8. The van der Waals surface area contributed by atoms with Crippen LogP contribution in [0.3, 0.4) is 0 Å². The molecule has 1 aliphatic heterocycles. The number of rotatable bonds is 10. The Morgan fingerprint density at radius 1 is 1.09 bits per heavy atom. The van der Waals surface area contributed by atoms with Crippen LogP contribution in [0.4, 0.5) is 0 Å². The molecule has 1 N–H and O–H groups in total. The van der Waals surface area contributed by atoms with Gasteiger partial charge in [-0.2, -0.15) is 0 Å². The molecular weight excluding hydrogens is 278 g/mol. The lowest BCUT2D eigenvalue weighted by molar-refractivity contribution is -0.154. The van der Waals surface area contributed by atoms with E-state index in [9.17, 15) is 9.90 Å². The molecule has 1 saturated heterocycles. The van der Waals surface area contributed by atoms with Crippen LogP contribution in [0, 0.1) is 0 Å². The molecule has 4 nitrogen and oxygen atoms in total. The molecule has 1 fully saturated rings. The van der Waals surface area contributed by atoms with E-state index in [0.29, 0.717) is 6.42 Å². The number of carbonyl (C=O) groups is 1. The van der Waals surface area contributed by atoms with Crippen LogP contribution in [0.5, 0.6) is 0 Å². The molecule has 4 heteroatoms. The molecule has 0 aromatic carbocycles. The van der Waals surface area contributed by atoms with Gasteiger partial charge in [-0.25, -0.2) is 0 Å². The minimum absolute atomic E-state index is 0.0692. The van der Waals surface area contributed by atoms with Gasteiger partial charge in [-0.15, -0.1) is 0 Å². The summed E-state index contributed by atoms with van der Waals surface area (Å²) >= 11 is 0. The molecule has 0 aromatic rings. The molecule has 0 amide bonds. The lowest BCUT2D eigenvalue weighted by Gasteiger charge is -2.19. The lowest BCUT2D eigenvalue weighted by atomic mass is 10.1. The molecule has 130 valence electrons. The Morgan fingerprint density at radius 2 is 1.68 bits per heavy atom. The Labute approximate surface area is 136 Å². The van der Waals surface area contributed by atoms with Gasteiger partial charge in [0.25, 0.3) is 0 Å². The molecule has 0 aromatic heterocycles. The lowest BCUT2D eigenvalue weighted by Crippen LogP contribution is -2.23. The monoisotopic (exact) mass is 313 g/mol. The molecular formula is C18H35NO3. The average molecular weight is 313 g/mol. The van der Waals surface area contributed by atoms with Crippen molar-refractivity contribution in [1.29, 1.82) is 0 Å². The summed E-state index contributed by atoms with van der Waals surface area (Å²) in [6.45, 7) is 8.79. The zero-order chi connectivity index (χ0) is 16.4. The Hall–Kier alpha value is -0.610. The summed E-state index contributed by atoms with van der Waals surface area (Å²) in [5.74, 6) is -0.0692. The largest absolute Gasteiger partial charge is 0.460 e. The number of likely N-dealkylation sites (tertiary alicyclic amines) is 1. The van der Waals surface area contributed by atoms with E-state index in [2.05, 4.69) is 4.90 Å². The van der Waals surface area contributed by atoms with E-state index in [1.807, 2.05) is 20.8 Å². The fourth-order valence-corrected chi connectivity index (χ4v) is 2.90. The molecule has 1 atom stereocenters. The average Bonchev–Trinajstić information content (AvgIpc) is 2.80. The Bertz CT molecular complexity index is 312. The van der Waals surface area contributed by atoms with Crippen LogP contribution in [-0.4, -0.2) is 47.3 Å². The Morgan fingerprint density at radius 3 is 2.23 bits per heavy atom. The van der Waals surface area contributed by atoms with Gasteiger partial charge in [0, 0.05) is 19.5 Å². The number of hydrogen-bond donors (Lipinski definition) is 1. The first kappa shape index (κ1) is 19.4. The number of β-amino-alcohol motifs (C(OH)–C–C–N with tert-alkyl or cyclic N) is 1. The van der Waals surface area contributed by atoms with E-state index in [-0.39, 0.29) is 17.7 Å². The second-order valence-electron chi connectivity index (χ2n) is 7.55. The van der Waals surface area contributed by atoms with Crippen molar-refractivity contribution < 1.29 is 14.6 Å². The van der Waals surface area contributed by atoms with Crippen molar-refractivity contribution in [3.8, 4) is 0 Å². The van der Waals surface area contributed by atoms with E-state index in [1.165, 1.54) is 32.1 Å². The first-order valence-corrected chi connectivity index (χ1v) is 8.99. The van der Waals surface area contributed by atoms with Crippen LogP contribution in [-0.2, 0) is 9.53 Å². The number of esters is 1. The zero-order valence-corrected chi connectivity index (χ0v) is 14.8. The van der Waals surface area contributed by atoms with Crippen LogP contribution in [0.2, 0.25) is 0 Å². The third kappa shape index (κ3) is 10.2. The molecule has 0 unspecified atom stereocenters. The highest BCUT2D eigenvalue weighted by molar-refractivity contribution is 5.69. The van der Waals surface area contributed by atoms with Crippen molar-refractivity contribution >= 4 is 5.97 Å². The topological polar surface area (TPSA) is 49.8 Å². The minimum atomic E-state index is -0.359. The van der Waals surface area contributed by atoms with Gasteiger partial charge in [-0.1, -0.05) is 32.1 Å². The summed E-state index contributed by atoms with van der Waals surface area (Å²) in [5, 5.41) is 9.45. The van der Waals surface area contributed by atoms with Crippen molar-refractivity contribution in [1.82, 2.24) is 4.90 Å². The van der Waals surface area contributed by atoms with Crippen molar-refractivity contribution in [2.24, 2.45) is 0 Å². The molecule has 0 spiro atoms. The molecule has 22 heavy (non-hydrogen) atoms. The quantitative estimate of drug-likeness (QED) is 0.495. The predicted octanol–water partition coefficient (Wildman–Crippen LogP) is 3.52. The molecule has 1 rings (SSSR count). The second kappa shape index (κ2) is 10.2. The maximum absolute atomic E-state index is 11.5. The third-order valence-corrected chi connectivity index (χ3v) is 4.02. The molecule has 0 aliphatic carbocycles. The normalized spacial score (nSPS) is 19.5. The number of carbonyl (C=O) groups excluding carboxylic acids is 1. The van der Waals surface area contributed by atoms with Crippen LogP contribution in [0.1, 0.15) is 78.6 Å². The maximum Gasteiger partial charge on any atom is 0.306 e. The van der Waals surface area contributed by atoms with Gasteiger partial charge < -0.3 is 14.7 Å². The van der Waals surface area contributed by atoms with E-state index in [0.717, 1.165) is 38.9 Å². The van der Waals surface area contributed by atoms with Gasteiger partial charge in [0.2, 0.25) is 0 Å². The predicted molar refractivity (Wildman–Crippen MR) is 89.8 cm³/mol. The molecule has 0 radical (unpaired) electrons. The number of ether oxygens (including phenoxy) is 1. The summed E-state index contributed by atoms with van der Waals surface area (Å²) in [7, 11) is 0. The van der Waals surface area contributed by atoms with Gasteiger partial charge in [-0.3, -0.25) is 4.79 Å². The molecule has 1 heterocycles. The van der Waals surface area contributed by atoms with Crippen molar-refractivity contribution in [2.75, 3.05) is 19.6 Å². The fraction of sp³-hybridized carbons (Fsp3) is 0.944. The van der Waals surface area contributed by atoms with E-state index < -0.39 is 0 Å². The summed E-state index contributed by atoms with van der Waals surface area (Å²) in [6.07, 6.45) is 9.74. The number of aliphatic hydroxyl groups is 1. The van der Waals surface area contributed by atoms with E-state index >= 15 is 0 Å². The highest BCUT2D eigenvalue weighted by Crippen LogP contribution is 2.14. The molecule has 0 bridgehead atoms. The first-order valence-electron chi connectivity index (χ1n) is 8.99. The number of unbranched alkanes of at least 4 members (excludes halogenated alkanes) is 6. The van der Waals surface area contributed by atoms with Crippen molar-refractivity contribution in [3.63, 3.8) is 0 Å². The van der Waals surface area contributed by atoms with Crippen LogP contribution < -0.4 is 0 Å². The number of nitrogens with zero attached hydrogens (tertiary/aromatic N) is 1. The highest BCUT2D eigenvalue weighted by Gasteiger charge is 2.19. The van der Waals surface area contributed by atoms with E-state index in [1.54, 1.807) is 0 Å². The summed E-state index contributed by atoms with van der Waals surface area (Å²) in [6, 6.07) is 0. The van der Waals surface area contributed by atoms with Gasteiger partial charge in [0.15, 0.2) is 0 Å².